The van der Waals surface area contributed by atoms with Gasteiger partial charge in [-0.25, -0.2) is 4.79 Å². The number of benzene rings is 1. The van der Waals surface area contributed by atoms with E-state index in [0.717, 1.165) is 18.1 Å². The second-order valence-electron chi connectivity index (χ2n) is 5.04. The van der Waals surface area contributed by atoms with Gasteiger partial charge in [0.1, 0.15) is 0 Å². The van der Waals surface area contributed by atoms with E-state index in [-0.39, 0.29) is 11.9 Å². The van der Waals surface area contributed by atoms with Crippen LogP contribution in [0.25, 0.3) is 6.08 Å². The molecule has 1 aromatic carbocycles. The summed E-state index contributed by atoms with van der Waals surface area (Å²) in [6, 6.07) is 5.62. The van der Waals surface area contributed by atoms with Crippen LogP contribution < -0.4 is 5.32 Å². The lowest BCUT2D eigenvalue weighted by Gasteiger charge is -2.08. The van der Waals surface area contributed by atoms with Crippen LogP contribution in [0.15, 0.2) is 24.3 Å². The van der Waals surface area contributed by atoms with E-state index in [1.165, 1.54) is 6.08 Å². The van der Waals surface area contributed by atoms with Gasteiger partial charge in [0.05, 0.1) is 0 Å². The number of carbonyl (C=O) groups is 2. The van der Waals surface area contributed by atoms with Gasteiger partial charge in [-0.2, -0.15) is 0 Å². The standard InChI is InChI=1S/C15H17NO3/c1-9-3-4-11(5-6-14(17)18)8-12(9)15(19)16-13-7-10(13)2/h3-6,8,10,13H,7H2,1-2H3,(H,16,19)(H,17,18). The van der Waals surface area contributed by atoms with Crippen LogP contribution in [0.2, 0.25) is 0 Å². The van der Waals surface area contributed by atoms with Gasteiger partial charge < -0.3 is 10.4 Å². The van der Waals surface area contributed by atoms with Gasteiger partial charge in [0.15, 0.2) is 0 Å². The molecule has 4 heteroatoms. The second-order valence-corrected chi connectivity index (χ2v) is 5.04. The van der Waals surface area contributed by atoms with E-state index in [0.29, 0.717) is 17.0 Å². The minimum Gasteiger partial charge on any atom is -0.478 e. The zero-order valence-corrected chi connectivity index (χ0v) is 11.0. The van der Waals surface area contributed by atoms with Crippen molar-refractivity contribution in [3.8, 4) is 0 Å². The fourth-order valence-corrected chi connectivity index (χ4v) is 1.92. The van der Waals surface area contributed by atoms with Crippen molar-refractivity contribution in [2.45, 2.75) is 26.3 Å². The minimum atomic E-state index is -1.00. The topological polar surface area (TPSA) is 66.4 Å². The summed E-state index contributed by atoms with van der Waals surface area (Å²) in [6.45, 7) is 3.97. The Morgan fingerprint density at radius 2 is 2.11 bits per heavy atom. The Balaban J connectivity index is 2.16. The molecule has 2 rings (SSSR count). The predicted molar refractivity (Wildman–Crippen MR) is 72.9 cm³/mol. The first kappa shape index (κ1) is 13.3. The van der Waals surface area contributed by atoms with Crippen molar-refractivity contribution in [1.29, 1.82) is 0 Å². The first-order chi connectivity index (χ1) is 8.97. The quantitative estimate of drug-likeness (QED) is 0.815. The van der Waals surface area contributed by atoms with Crippen LogP contribution in [0, 0.1) is 12.8 Å². The Hall–Kier alpha value is -2.10. The Labute approximate surface area is 112 Å². The SMILES string of the molecule is Cc1ccc(C=CC(=O)O)cc1C(=O)NC1CC1C. The lowest BCUT2D eigenvalue weighted by atomic mass is 10.0. The fraction of sp³-hybridized carbons (Fsp3) is 0.333. The van der Waals surface area contributed by atoms with Crippen molar-refractivity contribution in [2.75, 3.05) is 0 Å². The molecule has 0 radical (unpaired) electrons. The summed E-state index contributed by atoms with van der Waals surface area (Å²) in [5.41, 5.74) is 2.20. The predicted octanol–water partition coefficient (Wildman–Crippen LogP) is 2.23. The number of aryl methyl sites for hydroxylation is 1. The maximum absolute atomic E-state index is 12.1. The molecule has 2 unspecified atom stereocenters. The zero-order valence-electron chi connectivity index (χ0n) is 11.0. The molecule has 2 N–H and O–H groups in total. The third-order valence-corrected chi connectivity index (χ3v) is 3.35. The molecule has 0 heterocycles. The number of carboxylic acid groups (broad SMARTS) is 1. The lowest BCUT2D eigenvalue weighted by Crippen LogP contribution is -2.27. The molecule has 100 valence electrons. The third kappa shape index (κ3) is 3.44. The maximum Gasteiger partial charge on any atom is 0.328 e. The Morgan fingerprint density at radius 3 is 2.68 bits per heavy atom. The van der Waals surface area contributed by atoms with Crippen molar-refractivity contribution in [3.05, 3.63) is 41.0 Å². The van der Waals surface area contributed by atoms with E-state index in [4.69, 9.17) is 5.11 Å². The van der Waals surface area contributed by atoms with E-state index in [1.807, 2.05) is 13.0 Å². The van der Waals surface area contributed by atoms with E-state index < -0.39 is 5.97 Å². The Bertz CT molecular complexity index is 548. The number of hydrogen-bond donors (Lipinski definition) is 2. The summed E-state index contributed by atoms with van der Waals surface area (Å²) < 4.78 is 0. The van der Waals surface area contributed by atoms with Crippen LogP contribution in [0.4, 0.5) is 0 Å². The highest BCUT2D eigenvalue weighted by Crippen LogP contribution is 2.29. The highest BCUT2D eigenvalue weighted by atomic mass is 16.4. The Morgan fingerprint density at radius 1 is 1.42 bits per heavy atom. The van der Waals surface area contributed by atoms with Crippen LogP contribution in [0.1, 0.15) is 34.8 Å². The molecule has 0 bridgehead atoms. The molecule has 1 aliphatic rings. The number of rotatable bonds is 4. The highest BCUT2D eigenvalue weighted by Gasteiger charge is 2.34. The van der Waals surface area contributed by atoms with Gasteiger partial charge in [-0.3, -0.25) is 4.79 Å². The molecule has 1 saturated carbocycles. The first-order valence-electron chi connectivity index (χ1n) is 6.30. The molecule has 0 aromatic heterocycles. The molecule has 19 heavy (non-hydrogen) atoms. The van der Waals surface area contributed by atoms with Crippen LogP contribution in [-0.2, 0) is 4.79 Å². The average molecular weight is 259 g/mol. The number of carboxylic acids is 1. The molecule has 0 saturated heterocycles. The summed E-state index contributed by atoms with van der Waals surface area (Å²) in [5.74, 6) is -0.532. The summed E-state index contributed by atoms with van der Waals surface area (Å²) >= 11 is 0. The summed E-state index contributed by atoms with van der Waals surface area (Å²) in [5, 5.41) is 11.6. The molecule has 1 fully saturated rings. The molecular formula is C15H17NO3. The molecular weight excluding hydrogens is 242 g/mol. The number of hydrogen-bond acceptors (Lipinski definition) is 2. The zero-order chi connectivity index (χ0) is 14.0. The summed E-state index contributed by atoms with van der Waals surface area (Å²) in [4.78, 5) is 22.6. The van der Waals surface area contributed by atoms with Crippen LogP contribution in [0.3, 0.4) is 0 Å². The monoisotopic (exact) mass is 259 g/mol. The van der Waals surface area contributed by atoms with Crippen molar-refractivity contribution in [3.63, 3.8) is 0 Å². The smallest absolute Gasteiger partial charge is 0.328 e. The molecule has 1 aliphatic carbocycles. The van der Waals surface area contributed by atoms with Gasteiger partial charge in [0, 0.05) is 17.7 Å². The van der Waals surface area contributed by atoms with Gasteiger partial charge in [-0.15, -0.1) is 0 Å². The third-order valence-electron chi connectivity index (χ3n) is 3.35. The summed E-state index contributed by atoms with van der Waals surface area (Å²) in [6.07, 6.45) is 3.58. The van der Waals surface area contributed by atoms with Crippen LogP contribution >= 0.6 is 0 Å². The largest absolute Gasteiger partial charge is 0.478 e. The van der Waals surface area contributed by atoms with Crippen molar-refractivity contribution < 1.29 is 14.7 Å². The van der Waals surface area contributed by atoms with Gasteiger partial charge in [-0.1, -0.05) is 19.1 Å². The summed E-state index contributed by atoms with van der Waals surface area (Å²) in [7, 11) is 0. The van der Waals surface area contributed by atoms with Gasteiger partial charge in [0.2, 0.25) is 0 Å². The molecule has 0 aliphatic heterocycles. The molecule has 4 nitrogen and oxygen atoms in total. The number of aliphatic carboxylic acids is 1. The second kappa shape index (κ2) is 5.26. The average Bonchev–Trinajstić information content (AvgIpc) is 3.03. The van der Waals surface area contributed by atoms with Crippen molar-refractivity contribution in [1.82, 2.24) is 5.32 Å². The lowest BCUT2D eigenvalue weighted by molar-refractivity contribution is -0.131. The van der Waals surface area contributed by atoms with Crippen LogP contribution in [0.5, 0.6) is 0 Å². The fourth-order valence-electron chi connectivity index (χ4n) is 1.92. The van der Waals surface area contributed by atoms with E-state index >= 15 is 0 Å². The minimum absolute atomic E-state index is 0.0857. The van der Waals surface area contributed by atoms with E-state index in [9.17, 15) is 9.59 Å². The van der Waals surface area contributed by atoms with Crippen molar-refractivity contribution in [2.24, 2.45) is 5.92 Å². The number of amides is 1. The maximum atomic E-state index is 12.1. The van der Waals surface area contributed by atoms with Gasteiger partial charge >= 0.3 is 5.97 Å². The normalized spacial score (nSPS) is 21.4. The number of nitrogens with one attached hydrogen (secondary N) is 1. The van der Waals surface area contributed by atoms with Crippen LogP contribution in [-0.4, -0.2) is 23.0 Å². The van der Waals surface area contributed by atoms with Crippen molar-refractivity contribution >= 4 is 18.0 Å². The van der Waals surface area contributed by atoms with Gasteiger partial charge in [0.25, 0.3) is 5.91 Å². The van der Waals surface area contributed by atoms with E-state index in [1.54, 1.807) is 12.1 Å². The number of carbonyl (C=O) groups excluding carboxylic acids is 1. The first-order valence-corrected chi connectivity index (χ1v) is 6.30. The highest BCUT2D eigenvalue weighted by molar-refractivity contribution is 5.97. The van der Waals surface area contributed by atoms with E-state index in [2.05, 4.69) is 12.2 Å². The molecule has 0 spiro atoms. The Kier molecular flexibility index (Phi) is 3.69. The molecule has 1 aromatic rings. The molecule has 2 atom stereocenters. The molecule has 1 amide bonds. The van der Waals surface area contributed by atoms with Gasteiger partial charge in [-0.05, 0) is 42.5 Å².